The summed E-state index contributed by atoms with van der Waals surface area (Å²) >= 11 is 3.26. The van der Waals surface area contributed by atoms with Gasteiger partial charge in [-0.15, -0.1) is 0 Å². The second-order valence-electron chi connectivity index (χ2n) is 5.61. The molecule has 1 unspecified atom stereocenters. The molecule has 2 aromatic carbocycles. The fourth-order valence-corrected chi connectivity index (χ4v) is 4.04. The first kappa shape index (κ1) is 19.6. The number of likely N-dealkylation sites (N-methyl/N-ethyl adjacent to an activating group) is 1. The second kappa shape index (κ2) is 8.07. The van der Waals surface area contributed by atoms with Crippen molar-refractivity contribution >= 4 is 31.7 Å². The molecule has 8 heteroatoms. The Morgan fingerprint density at radius 2 is 1.88 bits per heavy atom. The molecule has 134 valence electrons. The monoisotopic (exact) mass is 428 g/mol. The van der Waals surface area contributed by atoms with Crippen LogP contribution in [0.4, 0.5) is 4.39 Å². The predicted octanol–water partition coefficient (Wildman–Crippen LogP) is 2.52. The molecule has 0 aliphatic rings. The number of rotatable bonds is 7. The number of benzene rings is 2. The van der Waals surface area contributed by atoms with Crippen molar-refractivity contribution in [1.82, 2.24) is 4.90 Å². The van der Waals surface area contributed by atoms with Gasteiger partial charge in [0.15, 0.2) is 9.84 Å². The number of amides is 1. The van der Waals surface area contributed by atoms with Gasteiger partial charge < -0.3 is 5.73 Å². The van der Waals surface area contributed by atoms with Crippen molar-refractivity contribution in [3.05, 3.63) is 64.4 Å². The van der Waals surface area contributed by atoms with Gasteiger partial charge in [-0.2, -0.15) is 0 Å². The van der Waals surface area contributed by atoms with Crippen LogP contribution in [0.5, 0.6) is 0 Å². The van der Waals surface area contributed by atoms with Gasteiger partial charge in [0.1, 0.15) is 11.9 Å². The SMILES string of the molecule is CN(CCS(=O)(=O)c1ccc(Br)cc1)C(C(N)=O)c1cccc(F)c1. The van der Waals surface area contributed by atoms with Crippen LogP contribution in [0.3, 0.4) is 0 Å². The van der Waals surface area contributed by atoms with Crippen LogP contribution < -0.4 is 5.73 Å². The molecule has 2 rings (SSSR count). The molecule has 5 nitrogen and oxygen atoms in total. The Kier molecular flexibility index (Phi) is 6.31. The molecule has 0 radical (unpaired) electrons. The smallest absolute Gasteiger partial charge is 0.239 e. The number of hydrogen-bond donors (Lipinski definition) is 1. The molecular weight excluding hydrogens is 411 g/mol. The summed E-state index contributed by atoms with van der Waals surface area (Å²) in [7, 11) is -1.93. The lowest BCUT2D eigenvalue weighted by Crippen LogP contribution is -2.37. The average Bonchev–Trinajstić information content (AvgIpc) is 2.53. The molecule has 0 fully saturated rings. The Hall–Kier alpha value is -1.77. The van der Waals surface area contributed by atoms with Gasteiger partial charge in [0.25, 0.3) is 0 Å². The van der Waals surface area contributed by atoms with Crippen molar-refractivity contribution in [3.8, 4) is 0 Å². The van der Waals surface area contributed by atoms with Crippen molar-refractivity contribution in [2.24, 2.45) is 5.73 Å². The molecule has 25 heavy (non-hydrogen) atoms. The summed E-state index contributed by atoms with van der Waals surface area (Å²) in [4.78, 5) is 13.5. The molecule has 2 N–H and O–H groups in total. The van der Waals surface area contributed by atoms with E-state index in [-0.39, 0.29) is 17.2 Å². The maximum Gasteiger partial charge on any atom is 0.239 e. The lowest BCUT2D eigenvalue weighted by Gasteiger charge is -2.25. The second-order valence-corrected chi connectivity index (χ2v) is 8.64. The molecule has 0 bridgehead atoms. The molecule has 0 saturated carbocycles. The lowest BCUT2D eigenvalue weighted by molar-refractivity contribution is -0.122. The van der Waals surface area contributed by atoms with Crippen LogP contribution in [0.25, 0.3) is 0 Å². The van der Waals surface area contributed by atoms with Gasteiger partial charge in [0, 0.05) is 11.0 Å². The lowest BCUT2D eigenvalue weighted by atomic mass is 10.1. The highest BCUT2D eigenvalue weighted by molar-refractivity contribution is 9.10. The van der Waals surface area contributed by atoms with Gasteiger partial charge >= 0.3 is 0 Å². The van der Waals surface area contributed by atoms with Crippen LogP contribution in [0, 0.1) is 5.82 Å². The Labute approximate surface area is 154 Å². The van der Waals surface area contributed by atoms with E-state index in [1.807, 2.05) is 0 Å². The third-order valence-corrected chi connectivity index (χ3v) is 6.00. The quantitative estimate of drug-likeness (QED) is 0.734. The first-order valence-electron chi connectivity index (χ1n) is 7.44. The Morgan fingerprint density at radius 1 is 1.24 bits per heavy atom. The van der Waals surface area contributed by atoms with E-state index in [0.717, 1.165) is 4.47 Å². The van der Waals surface area contributed by atoms with E-state index in [1.165, 1.54) is 35.2 Å². The van der Waals surface area contributed by atoms with Crippen LogP contribution in [0.15, 0.2) is 57.9 Å². The number of hydrogen-bond acceptors (Lipinski definition) is 4. The van der Waals surface area contributed by atoms with E-state index >= 15 is 0 Å². The Balaban J connectivity index is 2.15. The zero-order chi connectivity index (χ0) is 18.6. The molecule has 2 aromatic rings. The Bertz CT molecular complexity index is 856. The number of carbonyl (C=O) groups excluding carboxylic acids is 1. The molecule has 0 heterocycles. The fourth-order valence-electron chi connectivity index (χ4n) is 2.47. The minimum atomic E-state index is -3.51. The zero-order valence-electron chi connectivity index (χ0n) is 13.5. The average molecular weight is 429 g/mol. The van der Waals surface area contributed by atoms with Crippen LogP contribution in [0.2, 0.25) is 0 Å². The summed E-state index contributed by atoms with van der Waals surface area (Å²) in [5.41, 5.74) is 5.81. The number of nitrogens with two attached hydrogens (primary N) is 1. The number of halogens is 2. The number of sulfone groups is 1. The minimum Gasteiger partial charge on any atom is -0.368 e. The van der Waals surface area contributed by atoms with Crippen LogP contribution in [-0.2, 0) is 14.6 Å². The molecule has 1 amide bonds. The van der Waals surface area contributed by atoms with Gasteiger partial charge in [-0.3, -0.25) is 9.69 Å². The van der Waals surface area contributed by atoms with Crippen molar-refractivity contribution < 1.29 is 17.6 Å². The summed E-state index contributed by atoms with van der Waals surface area (Å²) in [6, 6.07) is 11.0. The van der Waals surface area contributed by atoms with E-state index < -0.39 is 27.6 Å². The van der Waals surface area contributed by atoms with Crippen molar-refractivity contribution in [1.29, 1.82) is 0 Å². The predicted molar refractivity (Wildman–Crippen MR) is 97.2 cm³/mol. The standard InChI is InChI=1S/C17H18BrFN2O3S/c1-21(16(17(20)22)12-3-2-4-14(19)11-12)9-10-25(23,24)15-7-5-13(18)6-8-15/h2-8,11,16H,9-10H2,1H3,(H2,20,22). The first-order valence-corrected chi connectivity index (χ1v) is 9.88. The largest absolute Gasteiger partial charge is 0.368 e. The first-order chi connectivity index (χ1) is 11.7. The highest BCUT2D eigenvalue weighted by atomic mass is 79.9. The third-order valence-electron chi connectivity index (χ3n) is 3.76. The summed E-state index contributed by atoms with van der Waals surface area (Å²) in [5.74, 6) is -1.35. The summed E-state index contributed by atoms with van der Waals surface area (Å²) in [5, 5.41) is 0. The van der Waals surface area contributed by atoms with Gasteiger partial charge in [-0.1, -0.05) is 28.1 Å². The van der Waals surface area contributed by atoms with E-state index in [1.54, 1.807) is 25.2 Å². The van der Waals surface area contributed by atoms with Crippen molar-refractivity contribution in [2.45, 2.75) is 10.9 Å². The molecule has 0 aromatic heterocycles. The minimum absolute atomic E-state index is 0.0719. The fraction of sp³-hybridized carbons (Fsp3) is 0.235. The summed E-state index contributed by atoms with van der Waals surface area (Å²) < 4.78 is 39.0. The number of primary amides is 1. The van der Waals surface area contributed by atoms with E-state index in [9.17, 15) is 17.6 Å². The maximum atomic E-state index is 13.4. The summed E-state index contributed by atoms with van der Waals surface area (Å²) in [6.45, 7) is 0.0719. The van der Waals surface area contributed by atoms with Crippen molar-refractivity contribution in [2.75, 3.05) is 19.3 Å². The number of carbonyl (C=O) groups is 1. The third kappa shape index (κ3) is 5.10. The van der Waals surface area contributed by atoms with E-state index in [4.69, 9.17) is 5.73 Å². The maximum absolute atomic E-state index is 13.4. The molecule has 1 atom stereocenters. The molecular formula is C17H18BrFN2O3S. The highest BCUT2D eigenvalue weighted by Crippen LogP contribution is 2.21. The van der Waals surface area contributed by atoms with Crippen LogP contribution in [-0.4, -0.2) is 38.6 Å². The molecule has 0 saturated heterocycles. The summed E-state index contributed by atoms with van der Waals surface area (Å²) in [6.07, 6.45) is 0. The molecule has 0 aliphatic carbocycles. The zero-order valence-corrected chi connectivity index (χ0v) is 15.9. The normalized spacial score (nSPS) is 13.0. The van der Waals surface area contributed by atoms with Gasteiger partial charge in [-0.05, 0) is 49.0 Å². The topological polar surface area (TPSA) is 80.5 Å². The van der Waals surface area contributed by atoms with Gasteiger partial charge in [0.05, 0.1) is 10.6 Å². The van der Waals surface area contributed by atoms with Gasteiger partial charge in [0.2, 0.25) is 5.91 Å². The van der Waals surface area contributed by atoms with Crippen LogP contribution >= 0.6 is 15.9 Å². The molecule has 0 spiro atoms. The molecule has 0 aliphatic heterocycles. The van der Waals surface area contributed by atoms with Crippen LogP contribution in [0.1, 0.15) is 11.6 Å². The number of nitrogens with zero attached hydrogens (tertiary/aromatic N) is 1. The van der Waals surface area contributed by atoms with E-state index in [2.05, 4.69) is 15.9 Å². The highest BCUT2D eigenvalue weighted by Gasteiger charge is 2.25. The Morgan fingerprint density at radius 3 is 2.44 bits per heavy atom. The van der Waals surface area contributed by atoms with Crippen molar-refractivity contribution in [3.63, 3.8) is 0 Å². The van der Waals surface area contributed by atoms with E-state index in [0.29, 0.717) is 5.56 Å². The van der Waals surface area contributed by atoms with Gasteiger partial charge in [-0.25, -0.2) is 12.8 Å².